The zero-order valence-electron chi connectivity index (χ0n) is 29.5. The van der Waals surface area contributed by atoms with Gasteiger partial charge in [-0.1, -0.05) is 196 Å². The highest BCUT2D eigenvalue weighted by molar-refractivity contribution is 9.12. The van der Waals surface area contributed by atoms with Crippen LogP contribution in [0.1, 0.15) is 20.8 Å². The van der Waals surface area contributed by atoms with Gasteiger partial charge in [0.1, 0.15) is 11.2 Å². The first-order chi connectivity index (χ1) is 27.1. The lowest BCUT2D eigenvalue weighted by Crippen LogP contribution is -2.75. The van der Waals surface area contributed by atoms with Crippen molar-refractivity contribution in [2.45, 2.75) is 9.65 Å². The second kappa shape index (κ2) is 13.0. The number of rotatable bonds is 4. The lowest BCUT2D eigenvalue weighted by Gasteiger charge is -2.36. The smallest absolute Gasteiger partial charge is 0.180 e. The first kappa shape index (κ1) is 33.3. The summed E-state index contributed by atoms with van der Waals surface area (Å²) in [6, 6.07) is 67.7. The van der Waals surface area contributed by atoms with Crippen molar-refractivity contribution in [2.24, 2.45) is 0 Å². The van der Waals surface area contributed by atoms with Crippen LogP contribution in [0.25, 0.3) is 64.4 Å². The molecule has 0 amide bonds. The van der Waals surface area contributed by atoms with E-state index in [1.165, 1.54) is 74.3 Å². The fourth-order valence-electron chi connectivity index (χ4n) is 9.19. The van der Waals surface area contributed by atoms with Crippen molar-refractivity contribution in [1.29, 1.82) is 0 Å². The van der Waals surface area contributed by atoms with Crippen LogP contribution in [-0.2, 0) is 0 Å². The van der Waals surface area contributed by atoms with E-state index in [2.05, 4.69) is 208 Å². The third-order valence-corrected chi connectivity index (χ3v) is 20.5. The summed E-state index contributed by atoms with van der Waals surface area (Å²) in [7, 11) is -3.02. The van der Waals surface area contributed by atoms with E-state index in [-0.39, 0.29) is 9.65 Å². The Hall–Kier alpha value is -5.04. The monoisotopic (exact) mass is 866 g/mol. The molecule has 0 aliphatic carbocycles. The molecule has 2 aromatic heterocycles. The van der Waals surface area contributed by atoms with Gasteiger partial charge < -0.3 is 4.42 Å². The summed E-state index contributed by atoms with van der Waals surface area (Å²) < 4.78 is 9.06. The van der Waals surface area contributed by atoms with Crippen LogP contribution in [0, 0.1) is 0 Å². The maximum absolute atomic E-state index is 6.41. The standard InChI is InChI=1S/C50H32Br2OSSi/c51-48-40-27-25-31(35-19-12-23-43-47(35)39-18-7-9-22-42(39)53-43)29-45(40)55(33-13-3-1-4-14-33,34-15-5-2-6-16-34)46-30-32(26-28-41(46)49(48)52)36-20-11-21-38-37-17-8-10-24-44(37)54-50(36)38/h1-30,48-49H. The Kier molecular flexibility index (Phi) is 7.89. The predicted octanol–water partition coefficient (Wildman–Crippen LogP) is 12.6. The Bertz CT molecular complexity index is 3050. The molecule has 262 valence electrons. The van der Waals surface area contributed by atoms with Crippen LogP contribution in [0.3, 0.4) is 0 Å². The first-order valence-corrected chi connectivity index (χ1v) is 23.3. The highest BCUT2D eigenvalue weighted by atomic mass is 79.9. The molecule has 2 atom stereocenters. The fourth-order valence-corrected chi connectivity index (χ4v) is 17.6. The molecule has 1 nitrogen and oxygen atoms in total. The molecule has 55 heavy (non-hydrogen) atoms. The Morgan fingerprint density at radius 2 is 0.982 bits per heavy atom. The minimum absolute atomic E-state index is 0.0412. The van der Waals surface area contributed by atoms with Gasteiger partial charge in [-0.2, -0.15) is 0 Å². The summed E-state index contributed by atoms with van der Waals surface area (Å²) in [5, 5.41) is 10.5. The molecule has 0 fully saturated rings. The van der Waals surface area contributed by atoms with E-state index in [0.717, 1.165) is 21.9 Å². The molecule has 0 radical (unpaired) electrons. The van der Waals surface area contributed by atoms with Crippen LogP contribution in [-0.4, -0.2) is 8.07 Å². The van der Waals surface area contributed by atoms with Gasteiger partial charge in [0.05, 0.1) is 9.65 Å². The first-order valence-electron chi connectivity index (χ1n) is 18.6. The van der Waals surface area contributed by atoms with Crippen LogP contribution >= 0.6 is 43.2 Å². The fraction of sp³-hybridized carbons (Fsp3) is 0.0400. The van der Waals surface area contributed by atoms with Crippen molar-refractivity contribution in [3.05, 3.63) is 193 Å². The maximum atomic E-state index is 6.41. The van der Waals surface area contributed by atoms with Crippen molar-refractivity contribution in [3.63, 3.8) is 0 Å². The zero-order valence-corrected chi connectivity index (χ0v) is 34.5. The highest BCUT2D eigenvalue weighted by Gasteiger charge is 2.48. The summed E-state index contributed by atoms with van der Waals surface area (Å²) in [6.45, 7) is 0. The number of halogens is 2. The van der Waals surface area contributed by atoms with Gasteiger partial charge in [0.2, 0.25) is 0 Å². The minimum Gasteiger partial charge on any atom is -0.456 e. The molecule has 11 rings (SSSR count). The van der Waals surface area contributed by atoms with Gasteiger partial charge in [-0.15, -0.1) is 11.3 Å². The maximum Gasteiger partial charge on any atom is 0.180 e. The molecule has 0 bridgehead atoms. The summed E-state index contributed by atoms with van der Waals surface area (Å²) >= 11 is 10.5. The molecule has 1 aliphatic rings. The number of alkyl halides is 2. The summed E-state index contributed by atoms with van der Waals surface area (Å²) in [5.41, 5.74) is 9.38. The molecule has 2 unspecified atom stereocenters. The number of hydrogen-bond acceptors (Lipinski definition) is 2. The quantitative estimate of drug-likeness (QED) is 0.127. The molecule has 0 saturated carbocycles. The van der Waals surface area contributed by atoms with Gasteiger partial charge in [0.25, 0.3) is 0 Å². The number of hydrogen-bond donors (Lipinski definition) is 0. The molecular formula is C50H32Br2OSSi. The zero-order chi connectivity index (χ0) is 36.7. The second-order valence-electron chi connectivity index (χ2n) is 14.4. The third-order valence-electron chi connectivity index (χ3n) is 11.6. The van der Waals surface area contributed by atoms with E-state index < -0.39 is 8.07 Å². The molecule has 0 spiro atoms. The number of para-hydroxylation sites is 1. The van der Waals surface area contributed by atoms with Crippen molar-refractivity contribution >= 4 is 114 Å². The second-order valence-corrected chi connectivity index (χ2v) is 21.2. The lowest BCUT2D eigenvalue weighted by atomic mass is 9.96. The third kappa shape index (κ3) is 5.00. The molecule has 0 N–H and O–H groups in total. The normalized spacial score (nSPS) is 16.3. The summed E-state index contributed by atoms with van der Waals surface area (Å²) in [6.07, 6.45) is 0. The largest absolute Gasteiger partial charge is 0.456 e. The Morgan fingerprint density at radius 3 is 1.67 bits per heavy atom. The van der Waals surface area contributed by atoms with E-state index in [0.29, 0.717) is 0 Å². The Labute approximate surface area is 341 Å². The average Bonchev–Trinajstić information content (AvgIpc) is 3.81. The Balaban J connectivity index is 1.26. The SMILES string of the molecule is BrC1c2ccc(-c3cccc4c3sc3ccccc34)cc2[Si](c2ccccc2)(c2ccccc2)c2cc(-c3cccc4oc5ccccc5c34)ccc2C1Br. The molecule has 8 aromatic carbocycles. The molecule has 10 aromatic rings. The number of furan rings is 1. The Morgan fingerprint density at radius 1 is 0.455 bits per heavy atom. The van der Waals surface area contributed by atoms with Crippen LogP contribution < -0.4 is 20.7 Å². The van der Waals surface area contributed by atoms with E-state index in [1.807, 2.05) is 17.4 Å². The molecule has 3 heterocycles. The van der Waals surface area contributed by atoms with Crippen LogP contribution in [0.15, 0.2) is 186 Å². The molecule has 5 heteroatoms. The van der Waals surface area contributed by atoms with Gasteiger partial charge in [0.15, 0.2) is 8.07 Å². The number of benzene rings is 8. The predicted molar refractivity (Wildman–Crippen MR) is 244 cm³/mol. The molecule has 0 saturated heterocycles. The van der Waals surface area contributed by atoms with Gasteiger partial charge in [-0.05, 0) is 72.3 Å². The molecule has 1 aliphatic heterocycles. The van der Waals surface area contributed by atoms with Gasteiger partial charge in [-0.25, -0.2) is 0 Å². The lowest BCUT2D eigenvalue weighted by molar-refractivity contribution is 0.669. The van der Waals surface area contributed by atoms with Gasteiger partial charge >= 0.3 is 0 Å². The van der Waals surface area contributed by atoms with Gasteiger partial charge in [0, 0.05) is 30.9 Å². The minimum atomic E-state index is -3.02. The topological polar surface area (TPSA) is 13.1 Å². The van der Waals surface area contributed by atoms with Gasteiger partial charge in [-0.3, -0.25) is 0 Å². The summed E-state index contributed by atoms with van der Waals surface area (Å²) in [5.74, 6) is 0. The summed E-state index contributed by atoms with van der Waals surface area (Å²) in [4.78, 5) is 0.0869. The van der Waals surface area contributed by atoms with E-state index >= 15 is 0 Å². The highest BCUT2D eigenvalue weighted by Crippen LogP contribution is 2.47. The van der Waals surface area contributed by atoms with Crippen LogP contribution in [0.4, 0.5) is 0 Å². The average molecular weight is 869 g/mol. The van der Waals surface area contributed by atoms with Crippen molar-refractivity contribution in [1.82, 2.24) is 0 Å². The van der Waals surface area contributed by atoms with Crippen LogP contribution in [0.5, 0.6) is 0 Å². The molecular weight excluding hydrogens is 837 g/mol. The van der Waals surface area contributed by atoms with Crippen molar-refractivity contribution < 1.29 is 4.42 Å². The van der Waals surface area contributed by atoms with Crippen LogP contribution in [0.2, 0.25) is 0 Å². The van der Waals surface area contributed by atoms with E-state index in [4.69, 9.17) is 4.42 Å². The van der Waals surface area contributed by atoms with Crippen molar-refractivity contribution in [2.75, 3.05) is 0 Å². The van der Waals surface area contributed by atoms with E-state index in [9.17, 15) is 0 Å². The van der Waals surface area contributed by atoms with Crippen molar-refractivity contribution in [3.8, 4) is 22.3 Å². The van der Waals surface area contributed by atoms with E-state index in [1.54, 1.807) is 0 Å². The number of thiophene rings is 1. The number of fused-ring (bicyclic) bond motifs is 8.